The van der Waals surface area contributed by atoms with E-state index in [-0.39, 0.29) is 19.1 Å². The van der Waals surface area contributed by atoms with E-state index in [0.717, 1.165) is 6.42 Å². The molecule has 0 aliphatic carbocycles. The molecule has 6 nitrogen and oxygen atoms in total. The number of hydrogen-bond donors (Lipinski definition) is 1. The van der Waals surface area contributed by atoms with Gasteiger partial charge in [0.2, 0.25) is 0 Å². The van der Waals surface area contributed by atoms with Crippen LogP contribution >= 0.6 is 22.9 Å². The van der Waals surface area contributed by atoms with E-state index in [4.69, 9.17) is 25.8 Å². The van der Waals surface area contributed by atoms with Crippen molar-refractivity contribution >= 4 is 34.8 Å². The lowest BCUT2D eigenvalue weighted by atomic mass is 10.2. The average molecular weight is 382 g/mol. The number of thiophene rings is 1. The highest BCUT2D eigenvalue weighted by molar-refractivity contribution is 7.12. The topological polar surface area (TPSA) is 73.9 Å². The van der Waals surface area contributed by atoms with Crippen molar-refractivity contribution in [3.63, 3.8) is 0 Å². The standard InChI is InChI=1S/C17H16ClNO5S/c18-12-7-11(8-13-16(12)23-5-2-4-22-13)10-24-15(20)9-19-17(21)14-3-1-6-25-14/h1,3,6-8H,2,4-5,9-10H2,(H,19,21). The van der Waals surface area contributed by atoms with Gasteiger partial charge in [-0.3, -0.25) is 9.59 Å². The first-order chi connectivity index (χ1) is 12.1. The summed E-state index contributed by atoms with van der Waals surface area (Å²) in [5.74, 6) is 0.221. The summed E-state index contributed by atoms with van der Waals surface area (Å²) in [5, 5.41) is 4.72. The molecule has 0 spiro atoms. The van der Waals surface area contributed by atoms with Gasteiger partial charge in [0, 0.05) is 6.42 Å². The van der Waals surface area contributed by atoms with E-state index in [1.807, 2.05) is 0 Å². The van der Waals surface area contributed by atoms with Crippen molar-refractivity contribution in [2.24, 2.45) is 0 Å². The van der Waals surface area contributed by atoms with Crippen molar-refractivity contribution in [2.75, 3.05) is 19.8 Å². The highest BCUT2D eigenvalue weighted by Gasteiger charge is 2.16. The van der Waals surface area contributed by atoms with Gasteiger partial charge in [0.25, 0.3) is 5.91 Å². The lowest BCUT2D eigenvalue weighted by molar-refractivity contribution is -0.143. The Hall–Kier alpha value is -2.25. The zero-order valence-corrected chi connectivity index (χ0v) is 14.8. The van der Waals surface area contributed by atoms with E-state index < -0.39 is 5.97 Å². The van der Waals surface area contributed by atoms with Gasteiger partial charge in [-0.15, -0.1) is 11.3 Å². The molecule has 0 atom stereocenters. The van der Waals surface area contributed by atoms with Crippen LogP contribution in [0.4, 0.5) is 0 Å². The second kappa shape index (κ2) is 8.22. The Morgan fingerprint density at radius 2 is 2.12 bits per heavy atom. The van der Waals surface area contributed by atoms with Gasteiger partial charge < -0.3 is 19.5 Å². The van der Waals surface area contributed by atoms with Gasteiger partial charge in [-0.1, -0.05) is 17.7 Å². The molecule has 25 heavy (non-hydrogen) atoms. The van der Waals surface area contributed by atoms with Crippen LogP contribution in [0.15, 0.2) is 29.6 Å². The number of esters is 1. The Kier molecular flexibility index (Phi) is 5.78. The monoisotopic (exact) mass is 381 g/mol. The summed E-state index contributed by atoms with van der Waals surface area (Å²) in [6.45, 7) is 0.922. The van der Waals surface area contributed by atoms with Crippen LogP contribution in [0.5, 0.6) is 11.5 Å². The number of rotatable bonds is 5. The molecule has 1 aliphatic rings. The Labute approximate surface area is 153 Å². The summed E-state index contributed by atoms with van der Waals surface area (Å²) in [4.78, 5) is 24.1. The number of benzene rings is 1. The number of nitrogens with one attached hydrogen (secondary N) is 1. The normalized spacial score (nSPS) is 13.0. The Morgan fingerprint density at radius 1 is 1.28 bits per heavy atom. The minimum Gasteiger partial charge on any atom is -0.489 e. The summed E-state index contributed by atoms with van der Waals surface area (Å²) in [7, 11) is 0. The molecule has 1 amide bonds. The molecular formula is C17H16ClNO5S. The van der Waals surface area contributed by atoms with Crippen molar-refractivity contribution in [3.05, 3.63) is 45.1 Å². The van der Waals surface area contributed by atoms with E-state index in [9.17, 15) is 9.59 Å². The third kappa shape index (κ3) is 4.64. The van der Waals surface area contributed by atoms with Gasteiger partial charge in [0.15, 0.2) is 11.5 Å². The predicted molar refractivity (Wildman–Crippen MR) is 93.5 cm³/mol. The van der Waals surface area contributed by atoms with Gasteiger partial charge in [-0.25, -0.2) is 0 Å². The van der Waals surface area contributed by atoms with Crippen molar-refractivity contribution in [1.29, 1.82) is 0 Å². The molecule has 132 valence electrons. The Bertz CT molecular complexity index is 763. The molecule has 0 saturated carbocycles. The maximum Gasteiger partial charge on any atom is 0.325 e. The molecule has 8 heteroatoms. The van der Waals surface area contributed by atoms with Gasteiger partial charge >= 0.3 is 5.97 Å². The number of amides is 1. The van der Waals surface area contributed by atoms with E-state index in [1.54, 1.807) is 29.6 Å². The minimum absolute atomic E-state index is 0.0318. The third-order valence-electron chi connectivity index (χ3n) is 3.40. The summed E-state index contributed by atoms with van der Waals surface area (Å²) in [5.41, 5.74) is 0.687. The fraction of sp³-hybridized carbons (Fsp3) is 0.294. The number of carbonyl (C=O) groups is 2. The van der Waals surface area contributed by atoms with E-state index >= 15 is 0 Å². The molecule has 1 aliphatic heterocycles. The smallest absolute Gasteiger partial charge is 0.325 e. The largest absolute Gasteiger partial charge is 0.489 e. The van der Waals surface area contributed by atoms with E-state index in [0.29, 0.717) is 40.2 Å². The van der Waals surface area contributed by atoms with Crippen molar-refractivity contribution in [3.8, 4) is 11.5 Å². The molecule has 2 heterocycles. The fourth-order valence-electron chi connectivity index (χ4n) is 2.23. The summed E-state index contributed by atoms with van der Waals surface area (Å²) < 4.78 is 16.3. The Balaban J connectivity index is 1.53. The molecule has 2 aromatic rings. The molecule has 0 radical (unpaired) electrons. The van der Waals surface area contributed by atoms with E-state index in [2.05, 4.69) is 5.32 Å². The molecule has 1 aromatic carbocycles. The Morgan fingerprint density at radius 3 is 2.92 bits per heavy atom. The second-order valence-corrected chi connectivity index (χ2v) is 6.63. The zero-order chi connectivity index (χ0) is 17.6. The van der Waals surface area contributed by atoms with Crippen LogP contribution in [0.2, 0.25) is 5.02 Å². The quantitative estimate of drug-likeness (QED) is 0.806. The highest BCUT2D eigenvalue weighted by Crippen LogP contribution is 2.38. The number of halogens is 1. The molecule has 0 bridgehead atoms. The van der Waals surface area contributed by atoms with Crippen LogP contribution in [0.25, 0.3) is 0 Å². The predicted octanol–water partition coefficient (Wildman–Crippen LogP) is 3.04. The van der Waals surface area contributed by atoms with Crippen molar-refractivity contribution in [1.82, 2.24) is 5.32 Å². The first-order valence-corrected chi connectivity index (χ1v) is 8.94. The molecule has 1 N–H and O–H groups in total. The number of ether oxygens (including phenoxy) is 3. The number of carbonyl (C=O) groups excluding carboxylic acids is 2. The molecule has 1 aromatic heterocycles. The molecule has 3 rings (SSSR count). The third-order valence-corrected chi connectivity index (χ3v) is 4.55. The minimum atomic E-state index is -0.534. The lowest BCUT2D eigenvalue weighted by Gasteiger charge is -2.12. The summed E-state index contributed by atoms with van der Waals surface area (Å²) in [6.07, 6.45) is 0.777. The summed E-state index contributed by atoms with van der Waals surface area (Å²) >= 11 is 7.50. The molecule has 0 unspecified atom stereocenters. The van der Waals surface area contributed by atoms with Gasteiger partial charge in [-0.2, -0.15) is 0 Å². The number of fused-ring (bicyclic) bond motifs is 1. The van der Waals surface area contributed by atoms with Crippen LogP contribution in [0.1, 0.15) is 21.7 Å². The van der Waals surface area contributed by atoms with Crippen LogP contribution in [-0.2, 0) is 16.1 Å². The molecular weight excluding hydrogens is 366 g/mol. The first kappa shape index (κ1) is 17.6. The number of hydrogen-bond acceptors (Lipinski definition) is 6. The molecule has 0 saturated heterocycles. The SMILES string of the molecule is O=C(CNC(=O)c1cccs1)OCc1cc(Cl)c2c(c1)OCCCO2. The second-order valence-electron chi connectivity index (χ2n) is 5.28. The van der Waals surface area contributed by atoms with Crippen molar-refractivity contribution < 1.29 is 23.8 Å². The fourth-order valence-corrected chi connectivity index (χ4v) is 3.16. The van der Waals surface area contributed by atoms with Crippen LogP contribution in [-0.4, -0.2) is 31.6 Å². The molecule has 0 fully saturated rings. The van der Waals surface area contributed by atoms with Gasteiger partial charge in [-0.05, 0) is 29.1 Å². The zero-order valence-electron chi connectivity index (χ0n) is 13.2. The van der Waals surface area contributed by atoms with Crippen LogP contribution in [0, 0.1) is 0 Å². The van der Waals surface area contributed by atoms with Gasteiger partial charge in [0.05, 0.1) is 23.1 Å². The maximum absolute atomic E-state index is 11.8. The lowest BCUT2D eigenvalue weighted by Crippen LogP contribution is -2.30. The van der Waals surface area contributed by atoms with Crippen LogP contribution < -0.4 is 14.8 Å². The maximum atomic E-state index is 11.8. The first-order valence-electron chi connectivity index (χ1n) is 7.69. The van der Waals surface area contributed by atoms with E-state index in [1.165, 1.54) is 11.3 Å². The van der Waals surface area contributed by atoms with Gasteiger partial charge in [0.1, 0.15) is 13.2 Å². The summed E-state index contributed by atoms with van der Waals surface area (Å²) in [6, 6.07) is 6.87. The van der Waals surface area contributed by atoms with Crippen molar-refractivity contribution in [2.45, 2.75) is 13.0 Å². The van der Waals surface area contributed by atoms with Crippen LogP contribution in [0.3, 0.4) is 0 Å². The highest BCUT2D eigenvalue weighted by atomic mass is 35.5. The average Bonchev–Trinajstić information content (AvgIpc) is 3.04.